The Morgan fingerprint density at radius 3 is 2.53 bits per heavy atom. The molecule has 4 unspecified atom stereocenters. The van der Waals surface area contributed by atoms with Crippen molar-refractivity contribution in [3.05, 3.63) is 28.8 Å². The molecule has 3 saturated carbocycles. The summed E-state index contributed by atoms with van der Waals surface area (Å²) >= 11 is 11.2. The summed E-state index contributed by atoms with van der Waals surface area (Å²) in [4.78, 5) is 0.359. The summed E-state index contributed by atoms with van der Waals surface area (Å²) in [7, 11) is 0. The lowest BCUT2D eigenvalue weighted by Gasteiger charge is -2.13. The fourth-order valence-electron chi connectivity index (χ4n) is 4.52. The highest BCUT2D eigenvalue weighted by molar-refractivity contribution is 7.80. The molecule has 19 heavy (non-hydrogen) atoms. The maximum absolute atomic E-state index is 6.21. The van der Waals surface area contributed by atoms with E-state index in [4.69, 9.17) is 29.6 Å². The summed E-state index contributed by atoms with van der Waals surface area (Å²) in [6, 6.07) is 6.58. The number of fused-ring (bicyclic) bond motifs is 5. The molecular weight excluding hydrogens is 276 g/mol. The van der Waals surface area contributed by atoms with Crippen molar-refractivity contribution in [1.82, 2.24) is 0 Å². The van der Waals surface area contributed by atoms with E-state index >= 15 is 0 Å². The first-order valence-electron chi connectivity index (χ1n) is 7.01. The van der Waals surface area contributed by atoms with Crippen molar-refractivity contribution >= 4 is 34.5 Å². The number of benzene rings is 1. The Morgan fingerprint density at radius 2 is 1.95 bits per heavy atom. The first-order chi connectivity index (χ1) is 9.15. The Bertz CT molecular complexity index is 543. The molecule has 3 fully saturated rings. The molecule has 4 rings (SSSR count). The highest BCUT2D eigenvalue weighted by Crippen LogP contribution is 2.66. The van der Waals surface area contributed by atoms with Gasteiger partial charge in [0.05, 0.1) is 5.02 Å². The molecule has 4 heteroatoms. The van der Waals surface area contributed by atoms with Gasteiger partial charge in [0.1, 0.15) is 4.99 Å². The number of thiocarbonyl (C=S) groups is 1. The van der Waals surface area contributed by atoms with Crippen LogP contribution in [0.2, 0.25) is 5.02 Å². The van der Waals surface area contributed by atoms with Crippen LogP contribution in [0.5, 0.6) is 0 Å². The molecular formula is C15H17ClN2S. The van der Waals surface area contributed by atoms with Crippen LogP contribution in [0, 0.1) is 23.7 Å². The van der Waals surface area contributed by atoms with Crippen LogP contribution in [0.15, 0.2) is 18.2 Å². The number of halogens is 1. The largest absolute Gasteiger partial charge is 0.389 e. The van der Waals surface area contributed by atoms with Crippen molar-refractivity contribution in [2.24, 2.45) is 29.4 Å². The minimum absolute atomic E-state index is 0.359. The van der Waals surface area contributed by atoms with Crippen LogP contribution in [0.1, 0.15) is 24.8 Å². The molecule has 2 bridgehead atoms. The molecule has 0 radical (unpaired) electrons. The van der Waals surface area contributed by atoms with Crippen LogP contribution in [0.3, 0.4) is 0 Å². The maximum atomic E-state index is 6.21. The highest BCUT2D eigenvalue weighted by atomic mass is 35.5. The van der Waals surface area contributed by atoms with E-state index in [9.17, 15) is 0 Å². The average Bonchev–Trinajstić information content (AvgIpc) is 2.78. The van der Waals surface area contributed by atoms with E-state index in [1.165, 1.54) is 19.3 Å². The summed E-state index contributed by atoms with van der Waals surface area (Å²) < 4.78 is 0. The van der Waals surface area contributed by atoms with Crippen molar-refractivity contribution in [2.75, 3.05) is 5.32 Å². The van der Waals surface area contributed by atoms with Gasteiger partial charge < -0.3 is 11.1 Å². The number of nitrogens with two attached hydrogens (primary N) is 1. The van der Waals surface area contributed by atoms with Crippen LogP contribution in [0.4, 0.5) is 5.69 Å². The fraction of sp³-hybridized carbons (Fsp3) is 0.533. The predicted molar refractivity (Wildman–Crippen MR) is 82.6 cm³/mol. The topological polar surface area (TPSA) is 38.0 Å². The molecule has 0 amide bonds. The third-order valence-corrected chi connectivity index (χ3v) is 5.84. The summed E-state index contributed by atoms with van der Waals surface area (Å²) in [5.41, 5.74) is 7.49. The molecule has 1 aromatic carbocycles. The normalized spacial score (nSPS) is 38.1. The molecule has 0 aliphatic heterocycles. The van der Waals surface area contributed by atoms with Crippen molar-refractivity contribution in [3.8, 4) is 0 Å². The highest BCUT2D eigenvalue weighted by Gasteiger charge is 2.64. The lowest BCUT2D eigenvalue weighted by molar-refractivity contribution is 0.456. The molecule has 0 spiro atoms. The second kappa shape index (κ2) is 4.10. The van der Waals surface area contributed by atoms with Crippen LogP contribution >= 0.6 is 23.8 Å². The second-order valence-electron chi connectivity index (χ2n) is 6.22. The number of hydrogen-bond donors (Lipinski definition) is 2. The first kappa shape index (κ1) is 12.0. The van der Waals surface area contributed by atoms with Crippen molar-refractivity contribution in [2.45, 2.75) is 25.3 Å². The van der Waals surface area contributed by atoms with E-state index in [-0.39, 0.29) is 0 Å². The van der Waals surface area contributed by atoms with Crippen LogP contribution in [-0.2, 0) is 0 Å². The number of hydrogen-bond acceptors (Lipinski definition) is 2. The third-order valence-electron chi connectivity index (χ3n) is 5.30. The van der Waals surface area contributed by atoms with Gasteiger partial charge in [-0.15, -0.1) is 0 Å². The Hall–Kier alpha value is -0.800. The number of nitrogens with one attached hydrogen (secondary N) is 1. The van der Waals surface area contributed by atoms with Crippen LogP contribution in [0.25, 0.3) is 0 Å². The summed E-state index contributed by atoms with van der Waals surface area (Å²) in [6.07, 6.45) is 4.38. The van der Waals surface area contributed by atoms with Gasteiger partial charge in [-0.25, -0.2) is 0 Å². The molecule has 2 nitrogen and oxygen atoms in total. The standard InChI is InChI=1S/C15H17ClN2S/c16-11-6-9(3-4-10(11)15(17)19)18-14-12-7-1-2-8(5-7)13(12)14/h3-4,6-8,12-14,18H,1-2,5H2,(H2,17,19). The quantitative estimate of drug-likeness (QED) is 0.838. The lowest BCUT2D eigenvalue weighted by Crippen LogP contribution is -2.14. The SMILES string of the molecule is NC(=S)c1ccc(NC2C3C4CCC(C4)C23)cc1Cl. The number of rotatable bonds is 3. The fourth-order valence-corrected chi connectivity index (χ4v) is 5.03. The molecule has 4 atom stereocenters. The molecule has 3 aliphatic rings. The molecule has 3 N–H and O–H groups in total. The van der Waals surface area contributed by atoms with Gasteiger partial charge in [0.25, 0.3) is 0 Å². The van der Waals surface area contributed by atoms with Crippen LogP contribution < -0.4 is 11.1 Å². The molecule has 1 aromatic rings. The lowest BCUT2D eigenvalue weighted by atomic mass is 10.0. The molecule has 3 aliphatic carbocycles. The van der Waals surface area contributed by atoms with Gasteiger partial charge in [-0.1, -0.05) is 23.8 Å². The molecule has 0 aromatic heterocycles. The maximum Gasteiger partial charge on any atom is 0.105 e. The van der Waals surface area contributed by atoms with Crippen molar-refractivity contribution in [1.29, 1.82) is 0 Å². The van der Waals surface area contributed by atoms with E-state index in [0.717, 1.165) is 34.9 Å². The summed E-state index contributed by atoms with van der Waals surface area (Å²) in [5.74, 6) is 3.82. The first-order valence-corrected chi connectivity index (χ1v) is 7.79. The Kier molecular flexibility index (Phi) is 2.58. The zero-order valence-corrected chi connectivity index (χ0v) is 12.2. The third kappa shape index (κ3) is 1.78. The van der Waals surface area contributed by atoms with Gasteiger partial charge in [-0.3, -0.25) is 0 Å². The number of anilines is 1. The summed E-state index contributed by atoms with van der Waals surface area (Å²) in [5, 5.41) is 4.30. The van der Waals surface area contributed by atoms with E-state index < -0.39 is 0 Å². The minimum Gasteiger partial charge on any atom is -0.389 e. The molecule has 100 valence electrons. The summed E-state index contributed by atoms with van der Waals surface area (Å²) in [6.45, 7) is 0. The minimum atomic E-state index is 0.359. The van der Waals surface area contributed by atoms with E-state index in [1.54, 1.807) is 0 Å². The van der Waals surface area contributed by atoms with Crippen LogP contribution in [-0.4, -0.2) is 11.0 Å². The van der Waals surface area contributed by atoms with Crippen molar-refractivity contribution in [3.63, 3.8) is 0 Å². The van der Waals surface area contributed by atoms with E-state index in [2.05, 4.69) is 5.32 Å². The zero-order chi connectivity index (χ0) is 13.1. The second-order valence-corrected chi connectivity index (χ2v) is 7.06. The van der Waals surface area contributed by atoms with Gasteiger partial charge >= 0.3 is 0 Å². The zero-order valence-electron chi connectivity index (χ0n) is 10.6. The average molecular weight is 293 g/mol. The smallest absolute Gasteiger partial charge is 0.105 e. The molecule has 0 saturated heterocycles. The Balaban J connectivity index is 1.50. The van der Waals surface area contributed by atoms with Gasteiger partial charge in [0.15, 0.2) is 0 Å². The van der Waals surface area contributed by atoms with Gasteiger partial charge in [-0.05, 0) is 61.1 Å². The van der Waals surface area contributed by atoms with Gasteiger partial charge in [-0.2, -0.15) is 0 Å². The van der Waals surface area contributed by atoms with Crippen molar-refractivity contribution < 1.29 is 0 Å². The molecule has 0 heterocycles. The monoisotopic (exact) mass is 292 g/mol. The Morgan fingerprint density at radius 1 is 1.26 bits per heavy atom. The Labute approximate surface area is 123 Å². The van der Waals surface area contributed by atoms with Gasteiger partial charge in [0, 0.05) is 17.3 Å². The van der Waals surface area contributed by atoms with E-state index in [0.29, 0.717) is 16.1 Å². The predicted octanol–water partition coefficient (Wildman–Crippen LogP) is 3.43. The van der Waals surface area contributed by atoms with Gasteiger partial charge in [0.2, 0.25) is 0 Å². The van der Waals surface area contributed by atoms with E-state index in [1.807, 2.05) is 18.2 Å².